The zero-order valence-corrected chi connectivity index (χ0v) is 18.4. The van der Waals surface area contributed by atoms with Gasteiger partial charge in [-0.25, -0.2) is 4.79 Å². The predicted molar refractivity (Wildman–Crippen MR) is 124 cm³/mol. The number of amides is 1. The Morgan fingerprint density at radius 1 is 1.10 bits per heavy atom. The third kappa shape index (κ3) is 4.84. The molecular formula is C22H22Cl2N4O3. The summed E-state index contributed by atoms with van der Waals surface area (Å²) in [5.41, 5.74) is 5.66. The number of unbranched alkanes of at least 4 members (excludes halogenated alkanes) is 1. The quantitative estimate of drug-likeness (QED) is 0.554. The summed E-state index contributed by atoms with van der Waals surface area (Å²) in [6.45, 7) is 2.33. The molecule has 1 aromatic heterocycles. The van der Waals surface area contributed by atoms with E-state index in [-0.39, 0.29) is 33.7 Å². The fourth-order valence-corrected chi connectivity index (χ4v) is 3.59. The first-order valence-corrected chi connectivity index (χ1v) is 10.5. The van der Waals surface area contributed by atoms with E-state index in [4.69, 9.17) is 28.9 Å². The highest BCUT2D eigenvalue weighted by Gasteiger charge is 2.27. The molecule has 3 rings (SSSR count). The Labute approximate surface area is 189 Å². The normalized spacial score (nSPS) is 10.8. The number of nitrogens with two attached hydrogens (primary N) is 1. The van der Waals surface area contributed by atoms with E-state index >= 15 is 0 Å². The Bertz CT molecular complexity index is 1210. The van der Waals surface area contributed by atoms with Crippen LogP contribution in [0.1, 0.15) is 35.7 Å². The van der Waals surface area contributed by atoms with Crippen LogP contribution < -0.4 is 21.9 Å². The Morgan fingerprint density at radius 2 is 1.81 bits per heavy atom. The smallest absolute Gasteiger partial charge is 0.330 e. The number of aromatic amines is 1. The predicted octanol–water partition coefficient (Wildman–Crippen LogP) is 4.07. The molecule has 2 aromatic carbocycles. The molecule has 0 aliphatic heterocycles. The van der Waals surface area contributed by atoms with Crippen LogP contribution in [0.4, 0.5) is 11.5 Å². The highest BCUT2D eigenvalue weighted by Crippen LogP contribution is 2.29. The lowest BCUT2D eigenvalue weighted by atomic mass is 10.1. The fourth-order valence-electron chi connectivity index (χ4n) is 3.21. The van der Waals surface area contributed by atoms with Gasteiger partial charge < -0.3 is 5.73 Å². The summed E-state index contributed by atoms with van der Waals surface area (Å²) >= 11 is 12.4. The van der Waals surface area contributed by atoms with Crippen LogP contribution in [-0.4, -0.2) is 15.5 Å². The number of nitrogens with one attached hydrogen (secondary N) is 1. The Balaban J connectivity index is 2.19. The van der Waals surface area contributed by atoms with Crippen LogP contribution >= 0.6 is 23.2 Å². The fraction of sp³-hybridized carbons (Fsp3) is 0.227. The molecule has 3 N–H and O–H groups in total. The summed E-state index contributed by atoms with van der Waals surface area (Å²) in [5.74, 6) is -0.640. The van der Waals surface area contributed by atoms with Crippen molar-refractivity contribution in [3.8, 4) is 0 Å². The van der Waals surface area contributed by atoms with Gasteiger partial charge in [0, 0.05) is 6.54 Å². The number of halogens is 2. The molecule has 0 aliphatic rings. The zero-order valence-electron chi connectivity index (χ0n) is 16.9. The van der Waals surface area contributed by atoms with Crippen molar-refractivity contribution in [1.82, 2.24) is 9.55 Å². The highest BCUT2D eigenvalue weighted by molar-refractivity contribution is 6.44. The van der Waals surface area contributed by atoms with E-state index in [0.717, 1.165) is 12.0 Å². The molecule has 0 fully saturated rings. The number of anilines is 2. The second-order valence-corrected chi connectivity index (χ2v) is 7.76. The van der Waals surface area contributed by atoms with Crippen LogP contribution in [-0.2, 0) is 13.1 Å². The van der Waals surface area contributed by atoms with Crippen LogP contribution in [0, 0.1) is 0 Å². The number of nitrogens with zero attached hydrogens (tertiary/aromatic N) is 2. The first-order valence-electron chi connectivity index (χ1n) is 9.77. The zero-order chi connectivity index (χ0) is 22.5. The summed E-state index contributed by atoms with van der Waals surface area (Å²) in [5, 5.41) is 0.281. The number of carbonyl (C=O) groups excluding carboxylic acids is 1. The first-order chi connectivity index (χ1) is 14.8. The van der Waals surface area contributed by atoms with Gasteiger partial charge >= 0.3 is 5.69 Å². The topological polar surface area (TPSA) is 101 Å². The summed E-state index contributed by atoms with van der Waals surface area (Å²) in [4.78, 5) is 42.2. The van der Waals surface area contributed by atoms with Gasteiger partial charge in [0.1, 0.15) is 5.82 Å². The molecule has 0 radical (unpaired) electrons. The Hall–Kier alpha value is -3.03. The van der Waals surface area contributed by atoms with Gasteiger partial charge in [0.25, 0.3) is 11.5 Å². The van der Waals surface area contributed by atoms with Crippen LogP contribution in [0.3, 0.4) is 0 Å². The van der Waals surface area contributed by atoms with Crippen molar-refractivity contribution in [3.63, 3.8) is 0 Å². The van der Waals surface area contributed by atoms with E-state index in [9.17, 15) is 14.4 Å². The average molecular weight is 461 g/mol. The number of rotatable bonds is 7. The molecule has 1 amide bonds. The van der Waals surface area contributed by atoms with Gasteiger partial charge in [-0.3, -0.25) is 24.0 Å². The van der Waals surface area contributed by atoms with Crippen molar-refractivity contribution in [3.05, 3.63) is 90.5 Å². The first kappa shape index (κ1) is 22.7. The van der Waals surface area contributed by atoms with Gasteiger partial charge in [-0.2, -0.15) is 0 Å². The lowest BCUT2D eigenvalue weighted by Crippen LogP contribution is -2.41. The summed E-state index contributed by atoms with van der Waals surface area (Å²) in [6, 6.07) is 13.8. The van der Waals surface area contributed by atoms with Gasteiger partial charge in [-0.15, -0.1) is 0 Å². The van der Waals surface area contributed by atoms with Crippen LogP contribution in [0.5, 0.6) is 0 Å². The van der Waals surface area contributed by atoms with Gasteiger partial charge in [0.05, 0.1) is 22.2 Å². The molecule has 162 valence electrons. The van der Waals surface area contributed by atoms with E-state index in [0.29, 0.717) is 13.0 Å². The maximum Gasteiger partial charge on any atom is 0.330 e. The molecule has 1 heterocycles. The number of hydrogen-bond acceptors (Lipinski definition) is 4. The summed E-state index contributed by atoms with van der Waals surface area (Å²) in [6.07, 6.45) is 1.51. The number of hydrogen-bond donors (Lipinski definition) is 2. The molecule has 0 saturated heterocycles. The number of carbonyl (C=O) groups is 1. The van der Waals surface area contributed by atoms with Crippen molar-refractivity contribution in [1.29, 1.82) is 0 Å². The van der Waals surface area contributed by atoms with Gasteiger partial charge in [-0.05, 0) is 24.1 Å². The van der Waals surface area contributed by atoms with Crippen molar-refractivity contribution in [2.24, 2.45) is 0 Å². The summed E-state index contributed by atoms with van der Waals surface area (Å²) in [7, 11) is 0. The third-order valence-corrected chi connectivity index (χ3v) is 5.65. The molecule has 0 saturated carbocycles. The largest absolute Gasteiger partial charge is 0.383 e. The van der Waals surface area contributed by atoms with Crippen LogP contribution in [0.15, 0.2) is 58.1 Å². The monoisotopic (exact) mass is 460 g/mol. The van der Waals surface area contributed by atoms with Crippen LogP contribution in [0.2, 0.25) is 10.0 Å². The number of benzene rings is 2. The van der Waals surface area contributed by atoms with Gasteiger partial charge in [0.2, 0.25) is 0 Å². The SMILES string of the molecule is CCCCn1c(N)c(N(Cc2ccccc2)C(=O)c2cccc(Cl)c2Cl)c(=O)[nH]c1=O. The maximum atomic E-state index is 13.5. The number of H-pyrrole nitrogens is 1. The number of aromatic nitrogens is 2. The molecule has 0 atom stereocenters. The third-order valence-electron chi connectivity index (χ3n) is 4.83. The number of nitrogen functional groups attached to an aromatic ring is 1. The van der Waals surface area contributed by atoms with E-state index < -0.39 is 17.2 Å². The van der Waals surface area contributed by atoms with Crippen molar-refractivity contribution < 1.29 is 4.79 Å². The molecule has 3 aromatic rings. The second kappa shape index (κ2) is 9.85. The van der Waals surface area contributed by atoms with Gasteiger partial charge in [0.15, 0.2) is 5.69 Å². The van der Waals surface area contributed by atoms with Crippen molar-refractivity contribution in [2.45, 2.75) is 32.9 Å². The molecular weight excluding hydrogens is 439 g/mol. The lowest BCUT2D eigenvalue weighted by Gasteiger charge is -2.25. The molecule has 0 spiro atoms. The summed E-state index contributed by atoms with van der Waals surface area (Å²) < 4.78 is 1.27. The second-order valence-electron chi connectivity index (χ2n) is 6.98. The maximum absolute atomic E-state index is 13.5. The lowest BCUT2D eigenvalue weighted by molar-refractivity contribution is 0.0985. The van der Waals surface area contributed by atoms with E-state index in [2.05, 4.69) is 4.98 Å². The minimum Gasteiger partial charge on any atom is -0.383 e. The molecule has 9 heteroatoms. The van der Waals surface area contributed by atoms with E-state index in [1.807, 2.05) is 37.3 Å². The van der Waals surface area contributed by atoms with Crippen molar-refractivity contribution >= 4 is 40.6 Å². The molecule has 0 bridgehead atoms. The molecule has 31 heavy (non-hydrogen) atoms. The molecule has 0 aliphatic carbocycles. The Kier molecular flexibility index (Phi) is 7.20. The van der Waals surface area contributed by atoms with E-state index in [1.165, 1.54) is 15.5 Å². The standard InChI is InChI=1S/C22H22Cl2N4O3/c1-2-3-12-27-19(25)18(20(29)26-22(27)31)28(13-14-8-5-4-6-9-14)21(30)15-10-7-11-16(23)17(15)24/h4-11H,2-3,12-13,25H2,1H3,(H,26,29,31). The highest BCUT2D eigenvalue weighted by atomic mass is 35.5. The van der Waals surface area contributed by atoms with E-state index in [1.54, 1.807) is 12.1 Å². The minimum atomic E-state index is -0.752. The average Bonchev–Trinajstić information content (AvgIpc) is 2.75. The van der Waals surface area contributed by atoms with Crippen molar-refractivity contribution in [2.75, 3.05) is 10.6 Å². The Morgan fingerprint density at radius 3 is 2.48 bits per heavy atom. The minimum absolute atomic E-state index is 0.0434. The molecule has 0 unspecified atom stereocenters. The van der Waals surface area contributed by atoms with Gasteiger partial charge in [-0.1, -0.05) is 72.9 Å². The molecule has 7 nitrogen and oxygen atoms in total. The van der Waals surface area contributed by atoms with Crippen LogP contribution in [0.25, 0.3) is 0 Å².